The van der Waals surface area contributed by atoms with E-state index in [1.807, 2.05) is 53.1 Å². The van der Waals surface area contributed by atoms with Crippen molar-refractivity contribution in [3.8, 4) is 0 Å². The zero-order valence-corrected chi connectivity index (χ0v) is 17.2. The first kappa shape index (κ1) is 20.4. The quantitative estimate of drug-likeness (QED) is 0.476. The predicted octanol–water partition coefficient (Wildman–Crippen LogP) is 1.99. The minimum atomic E-state index is 0.0178. The highest BCUT2D eigenvalue weighted by Crippen LogP contribution is 2.08. The molecule has 1 amide bonds. The molecule has 0 aliphatic rings. The summed E-state index contributed by atoms with van der Waals surface area (Å²) in [5.41, 5.74) is 3.83. The maximum Gasteiger partial charge on any atom is 0.253 e. The Bertz CT molecular complexity index is 959. The summed E-state index contributed by atoms with van der Waals surface area (Å²) < 4.78 is 2.03. The van der Waals surface area contributed by atoms with E-state index < -0.39 is 0 Å². The number of rotatable bonds is 7. The highest BCUT2D eigenvalue weighted by molar-refractivity contribution is 5.94. The Labute approximate surface area is 171 Å². The van der Waals surface area contributed by atoms with Gasteiger partial charge in [0.2, 0.25) is 0 Å². The van der Waals surface area contributed by atoms with Crippen LogP contribution in [0.15, 0.2) is 59.9 Å². The van der Waals surface area contributed by atoms with Gasteiger partial charge in [-0.15, -0.1) is 0 Å². The molecule has 1 aromatic carbocycles. The molecule has 0 radical (unpaired) electrons. The molecule has 3 rings (SSSR count). The van der Waals surface area contributed by atoms with E-state index in [2.05, 4.69) is 26.8 Å². The highest BCUT2D eigenvalue weighted by atomic mass is 16.2. The van der Waals surface area contributed by atoms with Gasteiger partial charge in [0, 0.05) is 58.6 Å². The first-order valence-corrected chi connectivity index (χ1v) is 9.74. The van der Waals surface area contributed by atoms with Crippen LogP contribution >= 0.6 is 0 Å². The number of guanidine groups is 1. The molecule has 0 saturated heterocycles. The van der Waals surface area contributed by atoms with Crippen LogP contribution in [0.1, 0.15) is 21.6 Å². The molecule has 29 heavy (non-hydrogen) atoms. The smallest absolute Gasteiger partial charge is 0.253 e. The van der Waals surface area contributed by atoms with Gasteiger partial charge in [-0.1, -0.05) is 18.2 Å². The van der Waals surface area contributed by atoms with Crippen LogP contribution in [0.4, 0.5) is 0 Å². The van der Waals surface area contributed by atoms with Crippen molar-refractivity contribution in [3.05, 3.63) is 71.7 Å². The van der Waals surface area contributed by atoms with Gasteiger partial charge in [0.05, 0.1) is 5.69 Å². The Balaban J connectivity index is 1.44. The molecular weight excluding hydrogens is 364 g/mol. The molecule has 0 aliphatic heterocycles. The van der Waals surface area contributed by atoms with Crippen LogP contribution < -0.4 is 10.6 Å². The summed E-state index contributed by atoms with van der Waals surface area (Å²) >= 11 is 0. The monoisotopic (exact) mass is 392 g/mol. The van der Waals surface area contributed by atoms with E-state index >= 15 is 0 Å². The highest BCUT2D eigenvalue weighted by Gasteiger charge is 2.08. The number of nitrogens with one attached hydrogen (secondary N) is 2. The Hall–Kier alpha value is -3.35. The number of fused-ring (bicyclic) bond motifs is 1. The average molecular weight is 393 g/mol. The molecule has 0 fully saturated rings. The third kappa shape index (κ3) is 5.57. The molecule has 0 atom stereocenters. The molecule has 0 unspecified atom stereocenters. The van der Waals surface area contributed by atoms with Gasteiger partial charge < -0.3 is 19.9 Å². The van der Waals surface area contributed by atoms with Crippen LogP contribution in [0, 0.1) is 0 Å². The maximum atomic E-state index is 12.1. The van der Waals surface area contributed by atoms with E-state index in [4.69, 9.17) is 0 Å². The lowest BCUT2D eigenvalue weighted by atomic mass is 10.1. The fourth-order valence-electron chi connectivity index (χ4n) is 3.08. The summed E-state index contributed by atoms with van der Waals surface area (Å²) in [6.07, 6.45) is 5.68. The number of carbonyl (C=O) groups is 1. The number of benzene rings is 1. The summed E-state index contributed by atoms with van der Waals surface area (Å²) in [4.78, 5) is 22.6. The van der Waals surface area contributed by atoms with Crippen LogP contribution in [-0.4, -0.2) is 60.4 Å². The summed E-state index contributed by atoms with van der Waals surface area (Å²) in [5.74, 6) is 0.776. The minimum absolute atomic E-state index is 0.0178. The molecule has 0 bridgehead atoms. The molecule has 3 aromatic rings. The van der Waals surface area contributed by atoms with Crippen molar-refractivity contribution in [1.29, 1.82) is 0 Å². The topological polar surface area (TPSA) is 74.0 Å². The van der Waals surface area contributed by atoms with Crippen molar-refractivity contribution in [3.63, 3.8) is 0 Å². The lowest BCUT2D eigenvalue weighted by molar-refractivity contribution is 0.0827. The van der Waals surface area contributed by atoms with E-state index in [-0.39, 0.29) is 5.91 Å². The van der Waals surface area contributed by atoms with Gasteiger partial charge in [-0.05, 0) is 36.2 Å². The number of hydrogen-bond donors (Lipinski definition) is 2. The average Bonchev–Trinajstić information content (AvgIpc) is 3.15. The third-order valence-electron chi connectivity index (χ3n) is 4.60. The molecule has 0 saturated carbocycles. The normalized spacial score (nSPS) is 11.5. The van der Waals surface area contributed by atoms with Gasteiger partial charge in [0.1, 0.15) is 5.65 Å². The van der Waals surface area contributed by atoms with Crippen LogP contribution in [0.3, 0.4) is 0 Å². The summed E-state index contributed by atoms with van der Waals surface area (Å²) in [6.45, 7) is 1.48. The van der Waals surface area contributed by atoms with Crippen molar-refractivity contribution in [2.45, 2.75) is 12.8 Å². The van der Waals surface area contributed by atoms with Gasteiger partial charge in [0.15, 0.2) is 5.96 Å². The number of nitrogens with zero attached hydrogens (tertiary/aromatic N) is 4. The Morgan fingerprint density at radius 1 is 1.10 bits per heavy atom. The molecule has 7 heteroatoms. The van der Waals surface area contributed by atoms with E-state index in [0.29, 0.717) is 5.56 Å². The van der Waals surface area contributed by atoms with E-state index in [1.165, 1.54) is 0 Å². The molecule has 0 aliphatic carbocycles. The zero-order chi connectivity index (χ0) is 20.6. The number of aliphatic imine (C=N–C) groups is 1. The second-order valence-electron chi connectivity index (χ2n) is 7.02. The number of pyridine rings is 1. The van der Waals surface area contributed by atoms with Gasteiger partial charge in [-0.2, -0.15) is 0 Å². The standard InChI is InChI=1S/C22H28N6O/c1-23-22(25-13-11-19-16-28-14-5-4-9-20(28)26-19)24-12-10-17-7-6-8-18(15-17)21(29)27(2)3/h4-9,14-16H,10-13H2,1-3H3,(H2,23,24,25). The molecule has 2 aromatic heterocycles. The first-order chi connectivity index (χ1) is 14.1. The predicted molar refractivity (Wildman–Crippen MR) is 116 cm³/mol. The zero-order valence-electron chi connectivity index (χ0n) is 17.2. The largest absolute Gasteiger partial charge is 0.356 e. The van der Waals surface area contributed by atoms with Crippen molar-refractivity contribution in [1.82, 2.24) is 24.9 Å². The number of carbonyl (C=O) groups excluding carboxylic acids is 1. The summed E-state index contributed by atoms with van der Waals surface area (Å²) in [5, 5.41) is 6.64. The third-order valence-corrected chi connectivity index (χ3v) is 4.60. The minimum Gasteiger partial charge on any atom is -0.356 e. The van der Waals surface area contributed by atoms with Crippen LogP contribution in [0.25, 0.3) is 5.65 Å². The van der Waals surface area contributed by atoms with Gasteiger partial charge in [-0.3, -0.25) is 9.79 Å². The summed E-state index contributed by atoms with van der Waals surface area (Å²) in [7, 11) is 5.29. The molecular formula is C22H28N6O. The molecule has 2 heterocycles. The SMILES string of the molecule is CN=C(NCCc1cccc(C(=O)N(C)C)c1)NCCc1cn2ccccc2n1. The van der Waals surface area contributed by atoms with Crippen molar-refractivity contribution >= 4 is 17.5 Å². The number of imidazole rings is 1. The lowest BCUT2D eigenvalue weighted by Crippen LogP contribution is -2.39. The van der Waals surface area contributed by atoms with Gasteiger partial charge in [0.25, 0.3) is 5.91 Å². The Morgan fingerprint density at radius 2 is 1.90 bits per heavy atom. The van der Waals surface area contributed by atoms with Crippen molar-refractivity contribution < 1.29 is 4.79 Å². The Kier molecular flexibility index (Phi) is 6.84. The van der Waals surface area contributed by atoms with Gasteiger partial charge >= 0.3 is 0 Å². The van der Waals surface area contributed by atoms with Crippen molar-refractivity contribution in [2.75, 3.05) is 34.2 Å². The van der Waals surface area contributed by atoms with Crippen LogP contribution in [0.2, 0.25) is 0 Å². The lowest BCUT2D eigenvalue weighted by Gasteiger charge is -2.13. The van der Waals surface area contributed by atoms with Crippen molar-refractivity contribution in [2.24, 2.45) is 4.99 Å². The first-order valence-electron chi connectivity index (χ1n) is 9.74. The van der Waals surface area contributed by atoms with E-state index in [1.54, 1.807) is 26.0 Å². The fraction of sp³-hybridized carbons (Fsp3) is 0.318. The number of hydrogen-bond acceptors (Lipinski definition) is 3. The van der Waals surface area contributed by atoms with Crippen LogP contribution in [0.5, 0.6) is 0 Å². The van der Waals surface area contributed by atoms with Crippen LogP contribution in [-0.2, 0) is 12.8 Å². The molecule has 7 nitrogen and oxygen atoms in total. The maximum absolute atomic E-state index is 12.1. The van der Waals surface area contributed by atoms with E-state index in [0.717, 1.165) is 48.8 Å². The van der Waals surface area contributed by atoms with E-state index in [9.17, 15) is 4.79 Å². The second-order valence-corrected chi connectivity index (χ2v) is 7.02. The number of amides is 1. The summed E-state index contributed by atoms with van der Waals surface area (Å²) in [6, 6.07) is 13.7. The molecule has 0 spiro atoms. The van der Waals surface area contributed by atoms with Gasteiger partial charge in [-0.25, -0.2) is 4.98 Å². The Morgan fingerprint density at radius 3 is 2.62 bits per heavy atom. The molecule has 2 N–H and O–H groups in total. The second kappa shape index (κ2) is 9.73. The number of aromatic nitrogens is 2. The fourth-order valence-corrected chi connectivity index (χ4v) is 3.08. The molecule has 152 valence electrons.